The van der Waals surface area contributed by atoms with Gasteiger partial charge < -0.3 is 26.4 Å². The Kier molecular flexibility index (Phi) is 7.28. The Morgan fingerprint density at radius 3 is 2.56 bits per heavy atom. The Hall–Kier alpha value is -3.83. The highest BCUT2D eigenvalue weighted by molar-refractivity contribution is 7.84. The second-order valence-corrected chi connectivity index (χ2v) is 8.89. The third-order valence-electron chi connectivity index (χ3n) is 4.50. The number of amides is 2. The van der Waals surface area contributed by atoms with Crippen molar-refractivity contribution >= 4 is 50.3 Å². The molecule has 1 saturated heterocycles. The predicted molar refractivity (Wildman–Crippen MR) is 120 cm³/mol. The fourth-order valence-corrected chi connectivity index (χ4v) is 4.18. The van der Waals surface area contributed by atoms with Gasteiger partial charge in [0, 0.05) is 17.1 Å². The van der Waals surface area contributed by atoms with E-state index in [0.717, 1.165) is 11.5 Å². The van der Waals surface area contributed by atoms with Crippen LogP contribution < -0.4 is 21.5 Å². The second kappa shape index (κ2) is 9.98. The third kappa shape index (κ3) is 5.56. The average molecular weight is 513 g/mol. The molecule has 17 heteroatoms. The molecule has 0 aliphatic carbocycles. The maximum absolute atomic E-state index is 12.7. The van der Waals surface area contributed by atoms with Gasteiger partial charge in [-0.1, -0.05) is 5.16 Å². The van der Waals surface area contributed by atoms with Crippen molar-refractivity contribution in [1.82, 2.24) is 19.0 Å². The van der Waals surface area contributed by atoms with Gasteiger partial charge in [-0.2, -0.15) is 17.8 Å². The highest BCUT2D eigenvalue weighted by Gasteiger charge is 2.51. The van der Waals surface area contributed by atoms with Gasteiger partial charge in [0.05, 0.1) is 6.04 Å². The zero-order valence-corrected chi connectivity index (χ0v) is 19.2. The fraction of sp³-hybridized carbons (Fsp3) is 0.294. The molecule has 1 aliphatic rings. The molecule has 0 radical (unpaired) electrons. The van der Waals surface area contributed by atoms with Crippen molar-refractivity contribution in [2.75, 3.05) is 18.9 Å². The average Bonchev–Trinajstić information content (AvgIpc) is 3.19. The van der Waals surface area contributed by atoms with Crippen molar-refractivity contribution in [3.63, 3.8) is 0 Å². The number of nitrogens with one attached hydrogen (secondary N) is 2. The number of aromatic nitrogens is 2. The fourth-order valence-electron chi connectivity index (χ4n) is 2.87. The van der Waals surface area contributed by atoms with Crippen LogP contribution in [0.15, 0.2) is 29.4 Å². The van der Waals surface area contributed by atoms with Gasteiger partial charge in [0.15, 0.2) is 11.7 Å². The summed E-state index contributed by atoms with van der Waals surface area (Å²) in [5.41, 5.74) is 11.1. The first-order valence-corrected chi connectivity index (χ1v) is 11.6. The van der Waals surface area contributed by atoms with Crippen molar-refractivity contribution in [3.05, 3.63) is 35.7 Å². The molecule has 0 bridgehead atoms. The summed E-state index contributed by atoms with van der Waals surface area (Å²) in [7, 11) is -4.74. The normalized spacial score (nSPS) is 18.2. The number of nitrogen functional groups attached to an aromatic ring is 2. The molecule has 7 N–H and O–H groups in total. The van der Waals surface area contributed by atoms with Crippen molar-refractivity contribution in [2.24, 2.45) is 10.9 Å². The van der Waals surface area contributed by atoms with Gasteiger partial charge in [0.25, 0.3) is 11.8 Å². The van der Waals surface area contributed by atoms with E-state index in [1.165, 1.54) is 6.92 Å². The van der Waals surface area contributed by atoms with Crippen molar-refractivity contribution in [1.29, 1.82) is 5.41 Å². The van der Waals surface area contributed by atoms with E-state index in [1.807, 2.05) is 0 Å². The minimum absolute atomic E-state index is 0.0475. The van der Waals surface area contributed by atoms with Crippen LogP contribution in [0.2, 0.25) is 0 Å². The third-order valence-corrected chi connectivity index (χ3v) is 6.06. The minimum Gasteiger partial charge on any atom is -0.490 e. The number of amidine groups is 1. The topological polar surface area (TPSA) is 236 Å². The largest absolute Gasteiger partial charge is 0.490 e. The number of oxime groups is 1. The lowest BCUT2D eigenvalue weighted by Crippen LogP contribution is -2.71. The van der Waals surface area contributed by atoms with E-state index in [9.17, 15) is 18.0 Å². The number of benzene rings is 1. The zero-order chi connectivity index (χ0) is 25.0. The quantitative estimate of drug-likeness (QED) is 0.0627. The molecular formula is C17H20N8O7S2. The van der Waals surface area contributed by atoms with Gasteiger partial charge in [-0.25, -0.2) is 4.31 Å². The van der Waals surface area contributed by atoms with E-state index in [4.69, 9.17) is 31.0 Å². The van der Waals surface area contributed by atoms with Gasteiger partial charge in [-0.3, -0.25) is 19.6 Å². The molecule has 34 heavy (non-hydrogen) atoms. The van der Waals surface area contributed by atoms with Crippen LogP contribution in [0.4, 0.5) is 5.13 Å². The number of carbonyl (C=O) groups excluding carboxylic acids is 2. The van der Waals surface area contributed by atoms with Crippen LogP contribution in [0.3, 0.4) is 0 Å². The number of hydrogen-bond donors (Lipinski definition) is 5. The number of β-lactam (4-membered cyclic amide) rings is 1. The van der Waals surface area contributed by atoms with Crippen LogP contribution in [0.25, 0.3) is 0 Å². The van der Waals surface area contributed by atoms with E-state index in [-0.39, 0.29) is 34.3 Å². The van der Waals surface area contributed by atoms with E-state index in [0.29, 0.717) is 11.3 Å². The molecule has 3 rings (SSSR count). The van der Waals surface area contributed by atoms with Crippen LogP contribution in [0.5, 0.6) is 5.75 Å². The molecule has 0 spiro atoms. The number of rotatable bonds is 10. The highest BCUT2D eigenvalue weighted by Crippen LogP contribution is 2.23. The lowest BCUT2D eigenvalue weighted by Gasteiger charge is -2.42. The SMILES string of the molecule is CC1C(NC(=O)C(=NOCCOc2ccc(C(=N)N)cc2)c2nsc(N)n2)C(=O)N1S(=O)(=O)O. The Labute approximate surface area is 197 Å². The first-order chi connectivity index (χ1) is 16.0. The van der Waals surface area contributed by atoms with Gasteiger partial charge in [-0.15, -0.1) is 0 Å². The first kappa shape index (κ1) is 24.8. The smallest absolute Gasteiger partial charge is 0.362 e. The number of nitrogens with two attached hydrogens (primary N) is 2. The standard InChI is InChI=1S/C17H20N8O7S2/c1-8-11(16(27)25(8)34(28,29)30)21-15(26)12(14-22-17(20)33-24-14)23-32-7-6-31-10-4-2-9(3-5-10)13(18)19/h2-5,8,11H,6-7H2,1H3,(H3,18,19)(H,21,26)(H2,20,22,24)(H,28,29,30). The summed E-state index contributed by atoms with van der Waals surface area (Å²) in [6.07, 6.45) is 0. The number of nitrogens with zero attached hydrogens (tertiary/aromatic N) is 4. The summed E-state index contributed by atoms with van der Waals surface area (Å²) in [6.45, 7) is 1.29. The molecule has 15 nitrogen and oxygen atoms in total. The summed E-state index contributed by atoms with van der Waals surface area (Å²) < 4.78 is 41.1. The predicted octanol–water partition coefficient (Wildman–Crippen LogP) is -1.28. The monoisotopic (exact) mass is 512 g/mol. The molecule has 1 aromatic heterocycles. The van der Waals surface area contributed by atoms with Crippen LogP contribution in [0, 0.1) is 5.41 Å². The van der Waals surface area contributed by atoms with Gasteiger partial charge in [0.2, 0.25) is 11.5 Å². The molecule has 1 fully saturated rings. The molecule has 1 aliphatic heterocycles. The Bertz CT molecular complexity index is 1230. The van der Waals surface area contributed by atoms with Crippen molar-refractivity contribution in [2.45, 2.75) is 19.0 Å². The minimum atomic E-state index is -4.74. The first-order valence-electron chi connectivity index (χ1n) is 9.47. The maximum atomic E-state index is 12.7. The van der Waals surface area contributed by atoms with Crippen molar-refractivity contribution < 1.29 is 32.1 Å². The van der Waals surface area contributed by atoms with Crippen LogP contribution in [-0.2, 0) is 24.7 Å². The summed E-state index contributed by atoms with van der Waals surface area (Å²) in [6, 6.07) is 4.22. The molecule has 1 aromatic carbocycles. The maximum Gasteiger partial charge on any atom is 0.362 e. The van der Waals surface area contributed by atoms with Crippen LogP contribution >= 0.6 is 11.5 Å². The van der Waals surface area contributed by atoms with Gasteiger partial charge >= 0.3 is 10.3 Å². The van der Waals surface area contributed by atoms with Gasteiger partial charge in [-0.05, 0) is 31.2 Å². The molecule has 2 unspecified atom stereocenters. The summed E-state index contributed by atoms with van der Waals surface area (Å²) in [5, 5.41) is 13.4. The van der Waals surface area contributed by atoms with E-state index < -0.39 is 39.9 Å². The molecular weight excluding hydrogens is 492 g/mol. The second-order valence-electron chi connectivity index (χ2n) is 6.82. The van der Waals surface area contributed by atoms with Crippen LogP contribution in [0.1, 0.15) is 18.3 Å². The summed E-state index contributed by atoms with van der Waals surface area (Å²) in [4.78, 5) is 33.7. The lowest BCUT2D eigenvalue weighted by atomic mass is 10.0. The Morgan fingerprint density at radius 2 is 2.03 bits per heavy atom. The van der Waals surface area contributed by atoms with E-state index in [2.05, 4.69) is 19.8 Å². The summed E-state index contributed by atoms with van der Waals surface area (Å²) >= 11 is 0.802. The van der Waals surface area contributed by atoms with E-state index >= 15 is 0 Å². The zero-order valence-electron chi connectivity index (χ0n) is 17.5. The summed E-state index contributed by atoms with van der Waals surface area (Å²) in [5.74, 6) is -1.68. The molecule has 2 aromatic rings. The molecule has 2 amide bonds. The lowest BCUT2D eigenvalue weighted by molar-refractivity contribution is -0.143. The molecule has 2 heterocycles. The van der Waals surface area contributed by atoms with E-state index in [1.54, 1.807) is 24.3 Å². The van der Waals surface area contributed by atoms with Crippen molar-refractivity contribution in [3.8, 4) is 5.75 Å². The molecule has 2 atom stereocenters. The molecule has 182 valence electrons. The number of hydrogen-bond acceptors (Lipinski definition) is 12. The molecule has 0 saturated carbocycles. The van der Waals surface area contributed by atoms with Crippen LogP contribution in [-0.4, -0.2) is 75.3 Å². The highest BCUT2D eigenvalue weighted by atomic mass is 32.2. The number of ether oxygens (including phenoxy) is 1. The van der Waals surface area contributed by atoms with Gasteiger partial charge in [0.1, 0.15) is 24.2 Å². The Balaban J connectivity index is 1.61. The Morgan fingerprint density at radius 1 is 1.35 bits per heavy atom. The number of anilines is 1. The number of carbonyl (C=O) groups is 2.